The molecule has 8 heterocycles. The lowest BCUT2D eigenvalue weighted by atomic mass is 9.76. The number of hydrogen-bond acceptors (Lipinski definition) is 12. The standard InChI is InChI=1S/C33H36N16/c1-3-23-30-42-38-19-46(30)25-15-36-32(44-10-8-34-17-44)39-28(25)48(23)22-12-20(13-22)14-27-41-43-31-24(4-2)47(21-6-5-7-21)29-26(49(27)31)16-37-33(40-29)45-11-9-35-18-45/h8-11,15-24H,3-7,12-14H2,1-2H3. The van der Waals surface area contributed by atoms with E-state index in [1.54, 1.807) is 31.4 Å². The Morgan fingerprint density at radius 2 is 1.37 bits per heavy atom. The third-order valence-corrected chi connectivity index (χ3v) is 10.8. The van der Waals surface area contributed by atoms with Crippen molar-refractivity contribution in [1.82, 2.24) is 68.6 Å². The SMILES string of the molecule is CCC1c2nncn2-c2cnc(-n3ccnc3)nc2N1C1CC(Cc2nnc3n2-c2cnc(-n4ccnc4)nc2N(C2CCC2)C3CC)C1. The summed E-state index contributed by atoms with van der Waals surface area (Å²) >= 11 is 0. The zero-order valence-electron chi connectivity index (χ0n) is 27.4. The van der Waals surface area contributed by atoms with Crippen LogP contribution in [0.25, 0.3) is 23.3 Å². The van der Waals surface area contributed by atoms with Crippen LogP contribution in [-0.2, 0) is 6.42 Å². The van der Waals surface area contributed by atoms with Gasteiger partial charge in [0, 0.05) is 43.3 Å². The number of imidazole rings is 2. The van der Waals surface area contributed by atoms with Crippen LogP contribution in [-0.4, -0.2) is 80.7 Å². The highest BCUT2D eigenvalue weighted by Crippen LogP contribution is 2.47. The summed E-state index contributed by atoms with van der Waals surface area (Å²) in [5.41, 5.74) is 1.86. The fourth-order valence-corrected chi connectivity index (χ4v) is 8.20. The van der Waals surface area contributed by atoms with Crippen molar-refractivity contribution in [2.45, 2.75) is 89.4 Å². The average molecular weight is 657 g/mol. The second kappa shape index (κ2) is 11.0. The molecule has 248 valence electrons. The van der Waals surface area contributed by atoms with Gasteiger partial charge in [-0.25, -0.2) is 19.9 Å². The van der Waals surface area contributed by atoms with Crippen LogP contribution in [0.4, 0.5) is 11.6 Å². The van der Waals surface area contributed by atoms with E-state index in [9.17, 15) is 0 Å². The van der Waals surface area contributed by atoms with Crippen LogP contribution in [0.3, 0.4) is 0 Å². The Labute approximate surface area is 281 Å². The van der Waals surface area contributed by atoms with E-state index in [2.05, 4.69) is 53.4 Å². The quantitative estimate of drug-likeness (QED) is 0.233. The molecule has 2 aliphatic heterocycles. The lowest BCUT2D eigenvalue weighted by molar-refractivity contribution is 0.228. The molecule has 16 nitrogen and oxygen atoms in total. The maximum Gasteiger partial charge on any atom is 0.236 e. The molecule has 0 aromatic carbocycles. The number of aromatic nitrogens is 14. The molecule has 2 atom stereocenters. The molecule has 0 spiro atoms. The fourth-order valence-electron chi connectivity index (χ4n) is 8.20. The molecule has 0 bridgehead atoms. The van der Waals surface area contributed by atoms with E-state index in [0.29, 0.717) is 29.9 Å². The third kappa shape index (κ3) is 4.28. The minimum absolute atomic E-state index is 0.0591. The predicted molar refractivity (Wildman–Crippen MR) is 177 cm³/mol. The first-order valence-corrected chi connectivity index (χ1v) is 17.3. The van der Waals surface area contributed by atoms with E-state index in [4.69, 9.17) is 25.1 Å². The fraction of sp³-hybridized carbons (Fsp3) is 0.455. The third-order valence-electron chi connectivity index (χ3n) is 10.8. The summed E-state index contributed by atoms with van der Waals surface area (Å²) in [6, 6.07) is 0.900. The van der Waals surface area contributed by atoms with Crippen LogP contribution in [0.15, 0.2) is 56.2 Å². The molecule has 6 aromatic heterocycles. The molecule has 0 saturated heterocycles. The van der Waals surface area contributed by atoms with Crippen molar-refractivity contribution in [3.63, 3.8) is 0 Å². The molecular weight excluding hydrogens is 620 g/mol. The normalized spacial score (nSPS) is 22.6. The summed E-state index contributed by atoms with van der Waals surface area (Å²) in [6.07, 6.45) is 24.5. The van der Waals surface area contributed by atoms with Gasteiger partial charge in [0.15, 0.2) is 23.3 Å². The topological polar surface area (TPSA) is 155 Å². The second-order valence-electron chi connectivity index (χ2n) is 13.5. The lowest BCUT2D eigenvalue weighted by Gasteiger charge is -2.49. The van der Waals surface area contributed by atoms with Crippen molar-refractivity contribution in [2.75, 3.05) is 9.80 Å². The Kier molecular flexibility index (Phi) is 6.39. The number of hydrogen-bond donors (Lipinski definition) is 0. The molecule has 2 fully saturated rings. The Bertz CT molecular complexity index is 2120. The van der Waals surface area contributed by atoms with Crippen LogP contribution in [0.1, 0.15) is 88.4 Å². The van der Waals surface area contributed by atoms with Gasteiger partial charge in [0.2, 0.25) is 11.9 Å². The van der Waals surface area contributed by atoms with E-state index in [-0.39, 0.29) is 12.1 Å². The van der Waals surface area contributed by atoms with Crippen LogP contribution >= 0.6 is 0 Å². The molecule has 2 unspecified atom stereocenters. The Morgan fingerprint density at radius 3 is 2.00 bits per heavy atom. The first-order chi connectivity index (χ1) is 24.2. The molecule has 4 aliphatic rings. The lowest BCUT2D eigenvalue weighted by Crippen LogP contribution is -2.50. The zero-order chi connectivity index (χ0) is 32.6. The summed E-state index contributed by atoms with van der Waals surface area (Å²) in [6.45, 7) is 4.44. The molecular formula is C33H36N16. The number of rotatable bonds is 8. The van der Waals surface area contributed by atoms with Gasteiger partial charge >= 0.3 is 0 Å². The van der Waals surface area contributed by atoms with Gasteiger partial charge in [-0.2, -0.15) is 9.97 Å². The maximum absolute atomic E-state index is 5.15. The Balaban J connectivity index is 0.966. The maximum atomic E-state index is 5.15. The summed E-state index contributed by atoms with van der Waals surface area (Å²) in [5.74, 6) is 6.42. The molecule has 0 amide bonds. The Morgan fingerprint density at radius 1 is 0.714 bits per heavy atom. The molecule has 6 aromatic rings. The first-order valence-electron chi connectivity index (χ1n) is 17.3. The molecule has 16 heteroatoms. The highest BCUT2D eigenvalue weighted by molar-refractivity contribution is 5.64. The zero-order valence-corrected chi connectivity index (χ0v) is 27.4. The second-order valence-corrected chi connectivity index (χ2v) is 13.5. The van der Waals surface area contributed by atoms with Crippen molar-refractivity contribution >= 4 is 11.6 Å². The molecule has 0 radical (unpaired) electrons. The summed E-state index contributed by atoms with van der Waals surface area (Å²) < 4.78 is 7.99. The van der Waals surface area contributed by atoms with Gasteiger partial charge in [-0.05, 0) is 50.9 Å². The van der Waals surface area contributed by atoms with Crippen LogP contribution in [0, 0.1) is 5.92 Å². The number of fused-ring (bicyclic) bond motifs is 6. The number of anilines is 2. The van der Waals surface area contributed by atoms with Crippen molar-refractivity contribution in [3.8, 4) is 23.3 Å². The van der Waals surface area contributed by atoms with Crippen LogP contribution < -0.4 is 9.80 Å². The van der Waals surface area contributed by atoms with Crippen LogP contribution in [0.2, 0.25) is 0 Å². The van der Waals surface area contributed by atoms with E-state index in [1.807, 2.05) is 38.5 Å². The van der Waals surface area contributed by atoms with Gasteiger partial charge in [0.05, 0.1) is 24.5 Å². The van der Waals surface area contributed by atoms with Crippen molar-refractivity contribution in [1.29, 1.82) is 0 Å². The summed E-state index contributed by atoms with van der Waals surface area (Å²) in [5, 5.41) is 18.5. The van der Waals surface area contributed by atoms with Crippen molar-refractivity contribution < 1.29 is 0 Å². The molecule has 2 aliphatic carbocycles. The van der Waals surface area contributed by atoms with Crippen molar-refractivity contribution in [2.24, 2.45) is 5.92 Å². The van der Waals surface area contributed by atoms with Gasteiger partial charge in [0.1, 0.15) is 36.2 Å². The van der Waals surface area contributed by atoms with E-state index < -0.39 is 0 Å². The minimum atomic E-state index is 0.0591. The average Bonchev–Trinajstić information content (AvgIpc) is 3.92. The van der Waals surface area contributed by atoms with E-state index >= 15 is 0 Å². The highest BCUT2D eigenvalue weighted by atomic mass is 15.4. The van der Waals surface area contributed by atoms with E-state index in [0.717, 1.165) is 85.4 Å². The van der Waals surface area contributed by atoms with E-state index in [1.165, 1.54) is 6.42 Å². The molecule has 0 N–H and O–H groups in total. The Hall–Kier alpha value is -5.54. The summed E-state index contributed by atoms with van der Waals surface area (Å²) in [4.78, 5) is 33.0. The first kappa shape index (κ1) is 28.5. The molecule has 10 rings (SSSR count). The van der Waals surface area contributed by atoms with Crippen LogP contribution in [0.5, 0.6) is 0 Å². The highest BCUT2D eigenvalue weighted by Gasteiger charge is 2.45. The molecule has 49 heavy (non-hydrogen) atoms. The smallest absolute Gasteiger partial charge is 0.236 e. The van der Waals surface area contributed by atoms with Gasteiger partial charge in [-0.1, -0.05) is 13.8 Å². The molecule has 2 saturated carbocycles. The minimum Gasteiger partial charge on any atom is -0.341 e. The largest absolute Gasteiger partial charge is 0.341 e. The predicted octanol–water partition coefficient (Wildman–Crippen LogP) is 3.92. The monoisotopic (exact) mass is 656 g/mol. The van der Waals surface area contributed by atoms with Gasteiger partial charge < -0.3 is 9.80 Å². The van der Waals surface area contributed by atoms with Gasteiger partial charge in [0.25, 0.3) is 0 Å². The summed E-state index contributed by atoms with van der Waals surface area (Å²) in [7, 11) is 0. The van der Waals surface area contributed by atoms with Gasteiger partial charge in [-0.3, -0.25) is 18.3 Å². The van der Waals surface area contributed by atoms with Gasteiger partial charge in [-0.15, -0.1) is 20.4 Å². The number of nitrogens with zero attached hydrogens (tertiary/aromatic N) is 16. The van der Waals surface area contributed by atoms with Crippen molar-refractivity contribution in [3.05, 3.63) is 73.6 Å².